The molecule has 0 bridgehead atoms. The first kappa shape index (κ1) is 59.5. The largest absolute Gasteiger partial charge is 0.461 e. The highest BCUT2D eigenvalue weighted by molar-refractivity contribution is 5.82. The van der Waals surface area contributed by atoms with Gasteiger partial charge in [-0.1, -0.05) is 157 Å². The van der Waals surface area contributed by atoms with Gasteiger partial charge >= 0.3 is 11.9 Å². The molecule has 76 heavy (non-hydrogen) atoms. The van der Waals surface area contributed by atoms with Crippen LogP contribution in [0.1, 0.15) is 262 Å². The Hall–Kier alpha value is -2.64. The molecule has 8 heteroatoms. The van der Waals surface area contributed by atoms with E-state index >= 15 is 0 Å². The molecule has 2 N–H and O–H groups in total. The quantitative estimate of drug-likeness (QED) is 0.0535. The topological polar surface area (TPSA) is 111 Å². The van der Waals surface area contributed by atoms with Gasteiger partial charge in [-0.05, 0) is 195 Å². The molecule has 0 unspecified atom stereocenters. The minimum atomic E-state index is -0.322. The predicted molar refractivity (Wildman–Crippen MR) is 309 cm³/mol. The summed E-state index contributed by atoms with van der Waals surface area (Å²) in [6.07, 6.45) is 38.5. The average Bonchev–Trinajstić information content (AvgIpc) is 3.93. The summed E-state index contributed by atoms with van der Waals surface area (Å²) >= 11 is 0. The summed E-state index contributed by atoms with van der Waals surface area (Å²) in [7, 11) is 0. The van der Waals surface area contributed by atoms with E-state index in [1.807, 2.05) is 0 Å². The molecule has 8 rings (SSSR count). The fraction of sp³-hybridized carbons (Fsp3) is 0.882. The number of hydrogen-bond donors (Lipinski definition) is 2. The lowest BCUT2D eigenvalue weighted by molar-refractivity contribution is -0.152. The normalized spacial score (nSPS) is 37.3. The van der Waals surface area contributed by atoms with Crippen LogP contribution in [-0.2, 0) is 28.7 Å². The Balaban J connectivity index is 0.645. The second-order valence-electron chi connectivity index (χ2n) is 29.5. The lowest BCUT2D eigenvalue weighted by atomic mass is 9.47. The Morgan fingerprint density at radius 3 is 1.28 bits per heavy atom. The van der Waals surface area contributed by atoms with E-state index in [9.17, 15) is 19.2 Å². The van der Waals surface area contributed by atoms with Crippen molar-refractivity contribution in [2.45, 2.75) is 274 Å². The number of ether oxygens (including phenoxy) is 2. The number of allylic oxidation sites excluding steroid dienone is 2. The van der Waals surface area contributed by atoms with Gasteiger partial charge in [-0.15, -0.1) is 0 Å². The zero-order valence-electron chi connectivity index (χ0n) is 50.3. The summed E-state index contributed by atoms with van der Waals surface area (Å²) in [6, 6.07) is 0. The zero-order valence-corrected chi connectivity index (χ0v) is 50.3. The van der Waals surface area contributed by atoms with E-state index in [1.165, 1.54) is 114 Å². The number of nitrogens with one attached hydrogen (secondary N) is 2. The molecule has 0 aromatic rings. The van der Waals surface area contributed by atoms with Crippen molar-refractivity contribution in [3.63, 3.8) is 0 Å². The van der Waals surface area contributed by atoms with Crippen LogP contribution >= 0.6 is 0 Å². The first-order valence-corrected chi connectivity index (χ1v) is 32.6. The van der Waals surface area contributed by atoms with Crippen LogP contribution in [0.3, 0.4) is 0 Å². The highest BCUT2D eigenvalue weighted by Gasteiger charge is 2.61. The van der Waals surface area contributed by atoms with Crippen molar-refractivity contribution < 1.29 is 28.7 Å². The summed E-state index contributed by atoms with van der Waals surface area (Å²) in [4.78, 5) is 51.3. The Kier molecular flexibility index (Phi) is 20.2. The molecule has 2 amide bonds. The number of esters is 2. The average molecular weight is 1050 g/mol. The number of unbranched alkanes of at least 4 members (excludes halogenated alkanes) is 5. The van der Waals surface area contributed by atoms with Crippen LogP contribution in [0.25, 0.3) is 0 Å². The lowest BCUT2D eigenvalue weighted by Crippen LogP contribution is -2.51. The summed E-state index contributed by atoms with van der Waals surface area (Å²) < 4.78 is 12.0. The van der Waals surface area contributed by atoms with E-state index in [2.05, 4.69) is 92.0 Å². The maximum Gasteiger partial charge on any atom is 0.325 e. The molecule has 0 heterocycles. The highest BCUT2D eigenvalue weighted by atomic mass is 16.5. The van der Waals surface area contributed by atoms with Gasteiger partial charge in [-0.25, -0.2) is 0 Å². The maximum atomic E-state index is 13.0. The van der Waals surface area contributed by atoms with Gasteiger partial charge < -0.3 is 20.1 Å². The van der Waals surface area contributed by atoms with E-state index < -0.39 is 0 Å². The molecule has 6 saturated carbocycles. The fourth-order valence-corrected chi connectivity index (χ4v) is 19.8. The molecule has 8 aliphatic carbocycles. The first-order chi connectivity index (χ1) is 36.2. The van der Waals surface area contributed by atoms with Gasteiger partial charge in [0.15, 0.2) is 0 Å². The molecule has 8 nitrogen and oxygen atoms in total. The Morgan fingerprint density at radius 1 is 0.487 bits per heavy atom. The van der Waals surface area contributed by atoms with Gasteiger partial charge in [0.1, 0.15) is 25.3 Å². The van der Waals surface area contributed by atoms with Crippen LogP contribution in [0.5, 0.6) is 0 Å². The number of rotatable bonds is 25. The third-order valence-electron chi connectivity index (χ3n) is 24.0. The Labute approximate surface area is 464 Å². The second kappa shape index (κ2) is 25.9. The summed E-state index contributed by atoms with van der Waals surface area (Å²) in [5.41, 5.74) is 4.46. The van der Waals surface area contributed by atoms with Gasteiger partial charge in [-0.2, -0.15) is 0 Å². The first-order valence-electron chi connectivity index (χ1n) is 32.6. The lowest BCUT2D eigenvalue weighted by Gasteiger charge is -2.58. The fourth-order valence-electron chi connectivity index (χ4n) is 19.8. The van der Waals surface area contributed by atoms with Crippen LogP contribution in [0.2, 0.25) is 0 Å². The number of carbonyl (C=O) groups excluding carboxylic acids is 4. The van der Waals surface area contributed by atoms with Crippen molar-refractivity contribution in [1.29, 1.82) is 0 Å². The molecule has 430 valence electrons. The van der Waals surface area contributed by atoms with Crippen LogP contribution < -0.4 is 10.6 Å². The minimum absolute atomic E-state index is 0.0640. The Bertz CT molecular complexity index is 1900. The summed E-state index contributed by atoms with van der Waals surface area (Å²) in [5, 5.41) is 5.64. The van der Waals surface area contributed by atoms with E-state index in [1.54, 1.807) is 0 Å². The van der Waals surface area contributed by atoms with Crippen molar-refractivity contribution in [3.8, 4) is 0 Å². The molecule has 0 aromatic carbocycles. The van der Waals surface area contributed by atoms with Gasteiger partial charge in [0.2, 0.25) is 11.8 Å². The van der Waals surface area contributed by atoms with E-state index in [0.29, 0.717) is 23.7 Å². The number of carbonyl (C=O) groups is 4. The maximum absolute atomic E-state index is 13.0. The zero-order chi connectivity index (χ0) is 54.4. The van der Waals surface area contributed by atoms with Crippen LogP contribution in [-0.4, -0.2) is 49.1 Å². The SMILES string of the molecule is CC(C)CCC[C@@H](C)[C@H]1CC[C@H]2[C@@H]3CC=C4C[C@@H](OC(=O)CNC(=O)CCCCCCCCC(=O)NCC(=O)O[C@H]5CC[C@@]6(C)C(=CC[C@H]7[C@@H]8CC[C@H]([C@H](C)CCCC(C)C)[C@@]8(C)CC[C@@H]76)C5)CC[C@]4(C)[C@H]3CC[C@]12C. The second-order valence-corrected chi connectivity index (χ2v) is 29.5. The number of hydrogen-bond acceptors (Lipinski definition) is 6. The predicted octanol–water partition coefficient (Wildman–Crippen LogP) is 16.2. The molecule has 0 aliphatic heterocycles. The van der Waals surface area contributed by atoms with Crippen LogP contribution in [0.15, 0.2) is 23.3 Å². The van der Waals surface area contributed by atoms with E-state index in [4.69, 9.17) is 9.47 Å². The van der Waals surface area contributed by atoms with Gasteiger partial charge in [0.25, 0.3) is 0 Å². The van der Waals surface area contributed by atoms with Crippen molar-refractivity contribution in [1.82, 2.24) is 10.6 Å². The molecular weight excluding hydrogens is 941 g/mol. The molecule has 0 saturated heterocycles. The molecule has 0 aromatic heterocycles. The minimum Gasteiger partial charge on any atom is -0.461 e. The van der Waals surface area contributed by atoms with Crippen molar-refractivity contribution >= 4 is 23.8 Å². The van der Waals surface area contributed by atoms with Gasteiger partial charge in [-0.3, -0.25) is 19.2 Å². The standard InChI is InChI=1S/C68H112N2O6/c1-45(2)19-17-21-47(5)55-29-31-57-53-27-25-49-41-51(33-37-65(49,7)59(53)35-39-67(55,57)9)75-63(73)43-69-61(71)23-15-13-11-12-14-16-24-62(72)70-44-64(74)76-52-34-38-66(8)50(42-52)26-28-54-58-32-30-56(48(6)22-18-20-46(3)4)68(58,10)40-36-60(54)66/h25-26,45-48,51-60H,11-24,27-44H2,1-10H3,(H,69,71)(H,70,72)/t47-,48-,51+,52+,53+,54+,55-,56-,57+,58+,59+,60+,65+,66+,67-,68-/m1/s1. The molecule has 6 fully saturated rings. The highest BCUT2D eigenvalue weighted by Crippen LogP contribution is 2.69. The molecule has 0 radical (unpaired) electrons. The van der Waals surface area contributed by atoms with E-state index in [0.717, 1.165) is 148 Å². The van der Waals surface area contributed by atoms with E-state index in [-0.39, 0.29) is 59.9 Å². The van der Waals surface area contributed by atoms with Gasteiger partial charge in [0, 0.05) is 25.7 Å². The van der Waals surface area contributed by atoms with Gasteiger partial charge in [0.05, 0.1) is 0 Å². The molecule has 16 atom stereocenters. The van der Waals surface area contributed by atoms with Crippen LogP contribution in [0.4, 0.5) is 0 Å². The summed E-state index contributed by atoms with van der Waals surface area (Å²) in [5.74, 6) is 8.91. The number of fused-ring (bicyclic) bond motifs is 10. The number of amides is 2. The molecule has 0 spiro atoms. The monoisotopic (exact) mass is 1050 g/mol. The third-order valence-corrected chi connectivity index (χ3v) is 24.0. The molecule has 8 aliphatic rings. The Morgan fingerprint density at radius 2 is 0.882 bits per heavy atom. The third kappa shape index (κ3) is 13.4. The smallest absolute Gasteiger partial charge is 0.325 e. The molecular formula is C68H112N2O6. The summed E-state index contributed by atoms with van der Waals surface area (Å²) in [6.45, 7) is 24.8. The van der Waals surface area contributed by atoms with Crippen molar-refractivity contribution in [2.75, 3.05) is 13.1 Å². The van der Waals surface area contributed by atoms with Crippen LogP contribution in [0, 0.1) is 92.7 Å². The van der Waals surface area contributed by atoms with Crippen molar-refractivity contribution in [3.05, 3.63) is 23.3 Å². The van der Waals surface area contributed by atoms with Crippen molar-refractivity contribution in [2.24, 2.45) is 92.7 Å².